The molecule has 0 unspecified atom stereocenters. The van der Waals surface area contributed by atoms with Gasteiger partial charge in [-0.05, 0) is 0 Å². The molecule has 0 radical (unpaired) electrons. The highest BCUT2D eigenvalue weighted by Crippen LogP contribution is 2.29. The van der Waals surface area contributed by atoms with E-state index in [0.717, 1.165) is 0 Å². The predicted molar refractivity (Wildman–Crippen MR) is 59.6 cm³/mol. The van der Waals surface area contributed by atoms with Crippen LogP contribution in [0.1, 0.15) is 27.7 Å². The molecule has 0 N–H and O–H groups in total. The minimum absolute atomic E-state index is 0.824. The van der Waals surface area contributed by atoms with Crippen LogP contribution in [0.3, 0.4) is 0 Å². The molecule has 0 aromatic rings. The lowest BCUT2D eigenvalue weighted by Crippen LogP contribution is -2.47. The van der Waals surface area contributed by atoms with Gasteiger partial charge in [-0.15, -0.1) is 0 Å². The molecule has 2 heterocycles. The standard InChI is InChI=1S/C12H12O8/c1-11(2)17-7(13)5(8(14)18-11)6-9(15)19-12(3,4)20-10(6)16/h1-4H3. The average Bonchev–Trinajstić information content (AvgIpc) is 2.17. The monoisotopic (exact) mass is 284 g/mol. The van der Waals surface area contributed by atoms with Gasteiger partial charge in [-0.2, -0.15) is 0 Å². The van der Waals surface area contributed by atoms with E-state index in [2.05, 4.69) is 0 Å². The molecule has 0 spiro atoms. The minimum Gasteiger partial charge on any atom is -0.419 e. The summed E-state index contributed by atoms with van der Waals surface area (Å²) >= 11 is 0. The number of hydrogen-bond donors (Lipinski definition) is 0. The Morgan fingerprint density at radius 2 is 0.750 bits per heavy atom. The van der Waals surface area contributed by atoms with Crippen molar-refractivity contribution in [3.05, 3.63) is 11.1 Å². The van der Waals surface area contributed by atoms with Gasteiger partial charge in [0.2, 0.25) is 0 Å². The van der Waals surface area contributed by atoms with Crippen LogP contribution in [0, 0.1) is 0 Å². The number of hydrogen-bond acceptors (Lipinski definition) is 8. The van der Waals surface area contributed by atoms with Gasteiger partial charge in [-0.1, -0.05) is 0 Å². The molecular formula is C12H12O8. The Morgan fingerprint density at radius 3 is 0.950 bits per heavy atom. The van der Waals surface area contributed by atoms with Crippen molar-refractivity contribution in [1.82, 2.24) is 0 Å². The molecule has 0 aliphatic carbocycles. The molecule has 0 saturated carbocycles. The number of carbonyl (C=O) groups is 4. The maximum absolute atomic E-state index is 11.8. The van der Waals surface area contributed by atoms with Crippen LogP contribution in [0.5, 0.6) is 0 Å². The van der Waals surface area contributed by atoms with Crippen molar-refractivity contribution in [2.75, 3.05) is 0 Å². The second-order valence-corrected chi connectivity index (χ2v) is 5.11. The van der Waals surface area contributed by atoms with E-state index in [0.29, 0.717) is 0 Å². The number of cyclic esters (lactones) is 4. The lowest BCUT2D eigenvalue weighted by atomic mass is 10.1. The smallest absolute Gasteiger partial charge is 0.350 e. The largest absolute Gasteiger partial charge is 0.419 e. The quantitative estimate of drug-likeness (QED) is 0.346. The van der Waals surface area contributed by atoms with Crippen LogP contribution in [-0.4, -0.2) is 35.5 Å². The Hall–Kier alpha value is -2.38. The Balaban J connectivity index is 2.47. The van der Waals surface area contributed by atoms with E-state index in [9.17, 15) is 19.2 Å². The topological polar surface area (TPSA) is 105 Å². The lowest BCUT2D eigenvalue weighted by molar-refractivity contribution is -0.229. The van der Waals surface area contributed by atoms with E-state index in [-0.39, 0.29) is 0 Å². The summed E-state index contributed by atoms with van der Waals surface area (Å²) < 4.78 is 19.2. The molecule has 20 heavy (non-hydrogen) atoms. The van der Waals surface area contributed by atoms with Crippen LogP contribution in [0.2, 0.25) is 0 Å². The summed E-state index contributed by atoms with van der Waals surface area (Å²) in [6.45, 7) is 5.35. The van der Waals surface area contributed by atoms with Crippen molar-refractivity contribution >= 4 is 23.9 Å². The van der Waals surface area contributed by atoms with Crippen LogP contribution >= 0.6 is 0 Å². The van der Waals surface area contributed by atoms with Crippen LogP contribution in [0.15, 0.2) is 11.1 Å². The number of rotatable bonds is 0. The van der Waals surface area contributed by atoms with Crippen LogP contribution in [0.4, 0.5) is 0 Å². The van der Waals surface area contributed by atoms with Gasteiger partial charge in [0.15, 0.2) is 11.1 Å². The Labute approximate surface area is 113 Å². The first kappa shape index (κ1) is 14.0. The average molecular weight is 284 g/mol. The van der Waals surface area contributed by atoms with E-state index in [1.807, 2.05) is 0 Å². The molecule has 2 rings (SSSR count). The molecule has 0 bridgehead atoms. The zero-order chi connectivity index (χ0) is 15.3. The molecular weight excluding hydrogens is 272 g/mol. The molecule has 8 heteroatoms. The molecule has 0 aromatic heterocycles. The highest BCUT2D eigenvalue weighted by atomic mass is 16.8. The van der Waals surface area contributed by atoms with Crippen LogP contribution < -0.4 is 0 Å². The fourth-order valence-corrected chi connectivity index (χ4v) is 1.71. The molecule has 2 saturated heterocycles. The van der Waals surface area contributed by atoms with Gasteiger partial charge in [-0.25, -0.2) is 19.2 Å². The second-order valence-electron chi connectivity index (χ2n) is 5.11. The maximum atomic E-state index is 11.8. The predicted octanol–water partition coefficient (Wildman–Crippen LogP) is -0.0448. The van der Waals surface area contributed by atoms with E-state index in [1.54, 1.807) is 0 Å². The summed E-state index contributed by atoms with van der Waals surface area (Å²) in [6.07, 6.45) is 0. The third kappa shape index (κ3) is 2.36. The van der Waals surface area contributed by atoms with Crippen molar-refractivity contribution in [1.29, 1.82) is 0 Å². The van der Waals surface area contributed by atoms with Crippen molar-refractivity contribution in [2.45, 2.75) is 39.3 Å². The molecule has 2 aliphatic rings. The SMILES string of the molecule is CC1(C)OC(=O)C(=C2C(=O)OC(C)(C)OC2=O)C(=O)O1. The lowest BCUT2D eigenvalue weighted by Gasteiger charge is -2.33. The third-order valence-electron chi connectivity index (χ3n) is 2.42. The summed E-state index contributed by atoms with van der Waals surface area (Å²) in [6, 6.07) is 0. The normalized spacial score (nSPS) is 24.6. The molecule has 0 aromatic carbocycles. The number of ether oxygens (including phenoxy) is 4. The first-order chi connectivity index (χ1) is 9.02. The first-order valence-electron chi connectivity index (χ1n) is 5.70. The number of carbonyl (C=O) groups excluding carboxylic acids is 4. The fourth-order valence-electron chi connectivity index (χ4n) is 1.71. The third-order valence-corrected chi connectivity index (χ3v) is 2.42. The van der Waals surface area contributed by atoms with Gasteiger partial charge in [-0.3, -0.25) is 0 Å². The van der Waals surface area contributed by atoms with Gasteiger partial charge in [0.05, 0.1) is 0 Å². The Bertz CT molecular complexity index is 472. The second kappa shape index (κ2) is 4.06. The van der Waals surface area contributed by atoms with Crippen molar-refractivity contribution in [3.63, 3.8) is 0 Å². The molecule has 0 atom stereocenters. The van der Waals surface area contributed by atoms with Crippen LogP contribution in [0.25, 0.3) is 0 Å². The van der Waals surface area contributed by atoms with Gasteiger partial charge >= 0.3 is 23.9 Å². The van der Waals surface area contributed by atoms with Gasteiger partial charge in [0.25, 0.3) is 11.6 Å². The summed E-state index contributed by atoms with van der Waals surface area (Å²) in [5, 5.41) is 0. The fraction of sp³-hybridized carbons (Fsp3) is 0.500. The van der Waals surface area contributed by atoms with E-state index in [4.69, 9.17) is 18.9 Å². The van der Waals surface area contributed by atoms with Crippen molar-refractivity contribution in [3.8, 4) is 0 Å². The zero-order valence-corrected chi connectivity index (χ0v) is 11.3. The highest BCUT2D eigenvalue weighted by Gasteiger charge is 2.48. The highest BCUT2D eigenvalue weighted by molar-refractivity contribution is 6.29. The minimum atomic E-state index is -1.47. The Morgan fingerprint density at radius 1 is 0.550 bits per heavy atom. The molecule has 8 nitrogen and oxygen atoms in total. The van der Waals surface area contributed by atoms with Gasteiger partial charge in [0, 0.05) is 27.7 Å². The summed E-state index contributed by atoms with van der Waals surface area (Å²) in [7, 11) is 0. The van der Waals surface area contributed by atoms with Gasteiger partial charge < -0.3 is 18.9 Å². The number of esters is 4. The molecule has 2 aliphatic heterocycles. The summed E-state index contributed by atoms with van der Waals surface area (Å²) in [4.78, 5) is 47.1. The zero-order valence-electron chi connectivity index (χ0n) is 11.3. The van der Waals surface area contributed by atoms with Gasteiger partial charge in [0.1, 0.15) is 0 Å². The molecule has 108 valence electrons. The Kier molecular flexibility index (Phi) is 2.85. The summed E-state index contributed by atoms with van der Waals surface area (Å²) in [5.41, 5.74) is -1.65. The molecule has 2 fully saturated rings. The van der Waals surface area contributed by atoms with E-state index in [1.165, 1.54) is 27.7 Å². The first-order valence-corrected chi connectivity index (χ1v) is 5.70. The summed E-state index contributed by atoms with van der Waals surface area (Å²) in [5.74, 6) is -7.52. The maximum Gasteiger partial charge on any atom is 0.350 e. The van der Waals surface area contributed by atoms with E-state index < -0.39 is 46.6 Å². The van der Waals surface area contributed by atoms with E-state index >= 15 is 0 Å². The molecule has 0 amide bonds. The van der Waals surface area contributed by atoms with Crippen molar-refractivity contribution in [2.24, 2.45) is 0 Å². The van der Waals surface area contributed by atoms with Crippen LogP contribution in [-0.2, 0) is 38.1 Å². The van der Waals surface area contributed by atoms with Crippen molar-refractivity contribution < 1.29 is 38.1 Å².